The third kappa shape index (κ3) is 7.03. The van der Waals surface area contributed by atoms with Crippen LogP contribution in [-0.2, 0) is 17.9 Å². The van der Waals surface area contributed by atoms with Crippen molar-refractivity contribution < 1.29 is 14.3 Å². The summed E-state index contributed by atoms with van der Waals surface area (Å²) in [5.41, 5.74) is 4.10. The van der Waals surface area contributed by atoms with E-state index in [2.05, 4.69) is 4.90 Å². The maximum atomic E-state index is 12.8. The van der Waals surface area contributed by atoms with Gasteiger partial charge in [-0.15, -0.1) is 0 Å². The van der Waals surface area contributed by atoms with Gasteiger partial charge >= 0.3 is 0 Å². The van der Waals surface area contributed by atoms with Gasteiger partial charge in [-0.2, -0.15) is 0 Å². The van der Waals surface area contributed by atoms with Crippen LogP contribution in [0, 0.1) is 6.92 Å². The topological polar surface area (TPSA) is 42.0 Å². The van der Waals surface area contributed by atoms with Gasteiger partial charge in [-0.3, -0.25) is 9.69 Å². The Kier molecular flexibility index (Phi) is 8.92. The Morgan fingerprint density at radius 2 is 1.78 bits per heavy atom. The summed E-state index contributed by atoms with van der Waals surface area (Å²) in [4.78, 5) is 17.0. The fraction of sp³-hybridized carbons (Fsp3) is 0.276. The lowest BCUT2D eigenvalue weighted by molar-refractivity contribution is -0.127. The van der Waals surface area contributed by atoms with Crippen LogP contribution in [0.4, 0.5) is 0 Å². The number of carbonyl (C=O) groups excluding carboxylic acids is 1. The zero-order valence-corrected chi connectivity index (χ0v) is 22.1. The number of benzene rings is 3. The van der Waals surface area contributed by atoms with E-state index in [1.807, 2.05) is 78.6 Å². The van der Waals surface area contributed by atoms with Crippen LogP contribution in [0.25, 0.3) is 6.08 Å². The first kappa shape index (κ1) is 26.1. The highest BCUT2D eigenvalue weighted by Gasteiger charge is 2.20. The number of carbonyl (C=O) groups is 1. The van der Waals surface area contributed by atoms with Crippen molar-refractivity contribution in [3.63, 3.8) is 0 Å². The lowest BCUT2D eigenvalue weighted by Crippen LogP contribution is -2.47. The average molecular weight is 525 g/mol. The number of halogens is 2. The number of aryl methyl sites for hydroxylation is 1. The van der Waals surface area contributed by atoms with Crippen molar-refractivity contribution in [2.24, 2.45) is 0 Å². The third-order valence-electron chi connectivity index (χ3n) is 6.18. The zero-order valence-electron chi connectivity index (χ0n) is 20.5. The van der Waals surface area contributed by atoms with Gasteiger partial charge in [0.2, 0.25) is 5.91 Å². The monoisotopic (exact) mass is 524 g/mol. The normalized spacial score (nSPS) is 14.3. The molecule has 1 fully saturated rings. The molecule has 1 heterocycles. The van der Waals surface area contributed by atoms with E-state index in [4.69, 9.17) is 32.7 Å². The molecule has 0 radical (unpaired) electrons. The lowest BCUT2D eigenvalue weighted by atomic mass is 10.1. The number of methoxy groups -OCH3 is 1. The van der Waals surface area contributed by atoms with Crippen LogP contribution in [0.2, 0.25) is 10.0 Å². The lowest BCUT2D eigenvalue weighted by Gasteiger charge is -2.34. The highest BCUT2D eigenvalue weighted by Crippen LogP contribution is 2.25. The summed E-state index contributed by atoms with van der Waals surface area (Å²) in [6.07, 6.45) is 3.49. The fourth-order valence-electron chi connectivity index (χ4n) is 4.18. The maximum Gasteiger partial charge on any atom is 0.246 e. The molecule has 7 heteroatoms. The molecule has 5 nitrogen and oxygen atoms in total. The number of hydrogen-bond donors (Lipinski definition) is 0. The molecule has 0 atom stereocenters. The van der Waals surface area contributed by atoms with Gasteiger partial charge in [0, 0.05) is 44.4 Å². The van der Waals surface area contributed by atoms with Crippen LogP contribution >= 0.6 is 23.2 Å². The van der Waals surface area contributed by atoms with Crippen molar-refractivity contribution in [2.75, 3.05) is 33.3 Å². The second-order valence-electron chi connectivity index (χ2n) is 8.86. The molecule has 1 aliphatic rings. The molecule has 1 amide bonds. The summed E-state index contributed by atoms with van der Waals surface area (Å²) in [6.45, 7) is 6.18. The van der Waals surface area contributed by atoms with E-state index in [0.717, 1.165) is 53.4 Å². The van der Waals surface area contributed by atoms with Crippen molar-refractivity contribution in [1.29, 1.82) is 0 Å². The molecule has 0 saturated carbocycles. The minimum absolute atomic E-state index is 0.0116. The number of piperazine rings is 1. The smallest absolute Gasteiger partial charge is 0.246 e. The van der Waals surface area contributed by atoms with Crippen molar-refractivity contribution in [3.05, 3.63) is 99.0 Å². The molecule has 188 valence electrons. The summed E-state index contributed by atoms with van der Waals surface area (Å²) in [6, 6.07) is 19.5. The largest absolute Gasteiger partial charge is 0.496 e. The zero-order chi connectivity index (χ0) is 25.5. The first-order valence-corrected chi connectivity index (χ1v) is 12.7. The summed E-state index contributed by atoms with van der Waals surface area (Å²) in [5.74, 6) is 1.58. The molecule has 4 rings (SSSR count). The Balaban J connectivity index is 1.32. The van der Waals surface area contributed by atoms with Crippen LogP contribution in [0.3, 0.4) is 0 Å². The van der Waals surface area contributed by atoms with Gasteiger partial charge in [-0.1, -0.05) is 47.5 Å². The summed E-state index contributed by atoms with van der Waals surface area (Å²) >= 11 is 12.1. The van der Waals surface area contributed by atoms with Gasteiger partial charge in [0.1, 0.15) is 18.1 Å². The molecular formula is C29H30Cl2N2O3. The van der Waals surface area contributed by atoms with E-state index in [0.29, 0.717) is 29.7 Å². The van der Waals surface area contributed by atoms with E-state index >= 15 is 0 Å². The van der Waals surface area contributed by atoms with Crippen molar-refractivity contribution in [1.82, 2.24) is 9.80 Å². The highest BCUT2D eigenvalue weighted by atomic mass is 35.5. The predicted octanol–water partition coefficient (Wildman–Crippen LogP) is 6.25. The first-order valence-electron chi connectivity index (χ1n) is 11.9. The van der Waals surface area contributed by atoms with E-state index in [9.17, 15) is 4.79 Å². The van der Waals surface area contributed by atoms with Gasteiger partial charge in [-0.25, -0.2) is 0 Å². The summed E-state index contributed by atoms with van der Waals surface area (Å²) in [5, 5.41) is 1.13. The second kappa shape index (κ2) is 12.3. The molecule has 0 bridgehead atoms. The number of amides is 1. The van der Waals surface area contributed by atoms with Crippen LogP contribution in [-0.4, -0.2) is 49.0 Å². The molecule has 0 aromatic heterocycles. The first-order chi connectivity index (χ1) is 17.4. The van der Waals surface area contributed by atoms with Crippen molar-refractivity contribution >= 4 is 35.2 Å². The second-order valence-corrected chi connectivity index (χ2v) is 9.67. The minimum atomic E-state index is 0.0116. The Hall–Kier alpha value is -2.99. The summed E-state index contributed by atoms with van der Waals surface area (Å²) < 4.78 is 11.5. The Labute approximate surface area is 222 Å². The molecular weight excluding hydrogens is 495 g/mol. The fourth-order valence-corrected chi connectivity index (χ4v) is 4.50. The van der Waals surface area contributed by atoms with E-state index in [1.54, 1.807) is 13.2 Å². The van der Waals surface area contributed by atoms with Gasteiger partial charge < -0.3 is 14.4 Å². The molecule has 0 aliphatic carbocycles. The predicted molar refractivity (Wildman–Crippen MR) is 146 cm³/mol. The van der Waals surface area contributed by atoms with Crippen LogP contribution in [0.5, 0.6) is 11.5 Å². The van der Waals surface area contributed by atoms with E-state index in [-0.39, 0.29) is 5.91 Å². The molecule has 0 N–H and O–H groups in total. The molecule has 3 aromatic carbocycles. The minimum Gasteiger partial charge on any atom is -0.496 e. The molecule has 3 aromatic rings. The Bertz CT molecular complexity index is 1240. The number of ether oxygens (including phenoxy) is 2. The van der Waals surface area contributed by atoms with Crippen LogP contribution < -0.4 is 9.47 Å². The molecule has 0 unspecified atom stereocenters. The van der Waals surface area contributed by atoms with Crippen LogP contribution in [0.15, 0.2) is 66.7 Å². The highest BCUT2D eigenvalue weighted by molar-refractivity contribution is 6.42. The van der Waals surface area contributed by atoms with Crippen LogP contribution in [0.1, 0.15) is 22.3 Å². The number of rotatable bonds is 8. The molecule has 1 saturated heterocycles. The molecule has 0 spiro atoms. The van der Waals surface area contributed by atoms with Gasteiger partial charge in [0.25, 0.3) is 0 Å². The van der Waals surface area contributed by atoms with Gasteiger partial charge in [0.15, 0.2) is 0 Å². The van der Waals surface area contributed by atoms with E-state index in [1.165, 1.54) is 0 Å². The SMILES string of the molecule is COc1ccc(/C=C/C(=O)N2CCN(Cc3ccc(Cl)c(Cl)c3)CC2)cc1COc1cccc(C)c1. The molecule has 1 aliphatic heterocycles. The Morgan fingerprint density at radius 3 is 2.50 bits per heavy atom. The van der Waals surface area contributed by atoms with Gasteiger partial charge in [0.05, 0.1) is 17.2 Å². The van der Waals surface area contributed by atoms with E-state index < -0.39 is 0 Å². The quantitative estimate of drug-likeness (QED) is 0.326. The Morgan fingerprint density at radius 1 is 0.972 bits per heavy atom. The standard InChI is InChI=1S/C29H30Cl2N2O3/c1-21-4-3-5-25(16-21)36-20-24-17-22(7-10-28(24)35-2)8-11-29(34)33-14-12-32(13-15-33)19-23-6-9-26(30)27(31)18-23/h3-11,16-18H,12-15,19-20H2,1-2H3/b11-8+. The van der Waals surface area contributed by atoms with Crippen molar-refractivity contribution in [3.8, 4) is 11.5 Å². The number of nitrogens with zero attached hydrogens (tertiary/aromatic N) is 2. The van der Waals surface area contributed by atoms with Crippen molar-refractivity contribution in [2.45, 2.75) is 20.1 Å². The van der Waals surface area contributed by atoms with Gasteiger partial charge in [-0.05, 0) is 66.1 Å². The maximum absolute atomic E-state index is 12.8. The average Bonchev–Trinajstić information content (AvgIpc) is 2.88. The number of hydrogen-bond acceptors (Lipinski definition) is 4. The third-order valence-corrected chi connectivity index (χ3v) is 6.92. The molecule has 36 heavy (non-hydrogen) atoms. The summed E-state index contributed by atoms with van der Waals surface area (Å²) in [7, 11) is 1.64.